The van der Waals surface area contributed by atoms with Crippen molar-refractivity contribution in [3.63, 3.8) is 0 Å². The normalized spacial score (nSPS) is 11.0. The molecule has 1 heterocycles. The van der Waals surface area contributed by atoms with Gasteiger partial charge in [-0.25, -0.2) is 14.1 Å². The number of nitrogens with zero attached hydrogens (tertiary/aromatic N) is 4. The van der Waals surface area contributed by atoms with Crippen LogP contribution in [-0.2, 0) is 6.54 Å². The third kappa shape index (κ3) is 4.55. The van der Waals surface area contributed by atoms with Gasteiger partial charge < -0.3 is 10.2 Å². The van der Waals surface area contributed by atoms with E-state index in [-0.39, 0.29) is 17.0 Å². The topological polar surface area (TPSA) is 80.1 Å². The van der Waals surface area contributed by atoms with E-state index in [4.69, 9.17) is 11.6 Å². The van der Waals surface area contributed by atoms with Crippen molar-refractivity contribution in [2.45, 2.75) is 13.5 Å². The highest BCUT2D eigenvalue weighted by atomic mass is 35.5. The third-order valence-electron chi connectivity index (χ3n) is 4.22. The van der Waals surface area contributed by atoms with Gasteiger partial charge in [-0.1, -0.05) is 23.7 Å². The Morgan fingerprint density at radius 1 is 1.17 bits per heavy atom. The molecule has 156 valence electrons. The SMILES string of the molecule is CCNC(=O)c1nc(CN(C)C)n(-c2ccc(Cl)cc2C(=O)c2ccccc2F)n1. The average Bonchev–Trinajstić information content (AvgIpc) is 3.11. The Morgan fingerprint density at radius 2 is 1.90 bits per heavy atom. The number of carbonyl (C=O) groups excluding carboxylic acids is 2. The summed E-state index contributed by atoms with van der Waals surface area (Å²) in [6.45, 7) is 2.58. The Morgan fingerprint density at radius 3 is 2.57 bits per heavy atom. The average molecular weight is 430 g/mol. The number of aromatic nitrogens is 3. The van der Waals surface area contributed by atoms with Crippen LogP contribution in [0, 0.1) is 5.82 Å². The molecule has 2 aromatic carbocycles. The lowest BCUT2D eigenvalue weighted by atomic mass is 10.0. The second kappa shape index (κ2) is 9.15. The number of hydrogen-bond acceptors (Lipinski definition) is 5. The first-order chi connectivity index (χ1) is 14.3. The van der Waals surface area contributed by atoms with Crippen LogP contribution in [-0.4, -0.2) is 52.0 Å². The molecule has 1 aromatic heterocycles. The minimum absolute atomic E-state index is 0.0204. The Bertz CT molecular complexity index is 1100. The van der Waals surface area contributed by atoms with Crippen molar-refractivity contribution in [2.75, 3.05) is 20.6 Å². The van der Waals surface area contributed by atoms with Crippen LogP contribution in [0.1, 0.15) is 39.3 Å². The zero-order valence-electron chi connectivity index (χ0n) is 16.8. The molecular formula is C21H21ClFN5O2. The van der Waals surface area contributed by atoms with Gasteiger partial charge in [0, 0.05) is 17.1 Å². The second-order valence-corrected chi connectivity index (χ2v) is 7.27. The van der Waals surface area contributed by atoms with Gasteiger partial charge in [0.25, 0.3) is 5.91 Å². The summed E-state index contributed by atoms with van der Waals surface area (Å²) >= 11 is 6.13. The van der Waals surface area contributed by atoms with Gasteiger partial charge in [0.1, 0.15) is 11.6 Å². The molecule has 0 bridgehead atoms. The highest BCUT2D eigenvalue weighted by Gasteiger charge is 2.23. The largest absolute Gasteiger partial charge is 0.350 e. The van der Waals surface area contributed by atoms with E-state index in [1.807, 2.05) is 19.0 Å². The van der Waals surface area contributed by atoms with Gasteiger partial charge in [0.2, 0.25) is 5.82 Å². The Hall–Kier alpha value is -3.10. The molecular weight excluding hydrogens is 409 g/mol. The van der Waals surface area contributed by atoms with Gasteiger partial charge in [-0.15, -0.1) is 5.10 Å². The first-order valence-electron chi connectivity index (χ1n) is 9.29. The molecule has 3 aromatic rings. The third-order valence-corrected chi connectivity index (χ3v) is 4.46. The van der Waals surface area contributed by atoms with Gasteiger partial charge in [-0.05, 0) is 51.4 Å². The molecule has 1 amide bonds. The van der Waals surface area contributed by atoms with Crippen LogP contribution in [0.3, 0.4) is 0 Å². The van der Waals surface area contributed by atoms with E-state index in [0.29, 0.717) is 29.6 Å². The summed E-state index contributed by atoms with van der Waals surface area (Å²) in [5, 5.41) is 7.29. The highest BCUT2D eigenvalue weighted by Crippen LogP contribution is 2.25. The predicted octanol–water partition coefficient (Wildman–Crippen LogP) is 3.10. The molecule has 0 saturated carbocycles. The number of amides is 1. The molecule has 0 aliphatic carbocycles. The van der Waals surface area contributed by atoms with Crippen molar-refractivity contribution in [1.82, 2.24) is 25.0 Å². The van der Waals surface area contributed by atoms with Gasteiger partial charge in [0.05, 0.1) is 17.8 Å². The maximum atomic E-state index is 14.3. The number of carbonyl (C=O) groups is 2. The standard InChI is InChI=1S/C21H21ClFN5O2/c1-4-24-21(30)20-25-18(12-27(2)3)28(26-20)17-10-9-13(22)11-15(17)19(29)14-7-5-6-8-16(14)23/h5-11H,4,12H2,1-3H3,(H,24,30). The minimum Gasteiger partial charge on any atom is -0.350 e. The van der Waals surface area contributed by atoms with E-state index in [9.17, 15) is 14.0 Å². The van der Waals surface area contributed by atoms with Crippen LogP contribution < -0.4 is 5.32 Å². The first kappa shape index (κ1) is 21.6. The fourth-order valence-electron chi connectivity index (χ4n) is 2.92. The molecule has 3 rings (SSSR count). The van der Waals surface area contributed by atoms with Crippen LogP contribution >= 0.6 is 11.6 Å². The lowest BCUT2D eigenvalue weighted by molar-refractivity contribution is 0.0945. The summed E-state index contributed by atoms with van der Waals surface area (Å²) in [4.78, 5) is 31.6. The zero-order chi connectivity index (χ0) is 21.8. The number of benzene rings is 2. The maximum absolute atomic E-state index is 14.3. The number of ketones is 1. The molecule has 7 nitrogen and oxygen atoms in total. The summed E-state index contributed by atoms with van der Waals surface area (Å²) in [5.74, 6) is -1.17. The van der Waals surface area contributed by atoms with Crippen molar-refractivity contribution in [3.8, 4) is 5.69 Å². The lowest BCUT2D eigenvalue weighted by Gasteiger charge is -2.14. The molecule has 0 spiro atoms. The van der Waals surface area contributed by atoms with Gasteiger partial charge in [-0.3, -0.25) is 9.59 Å². The van der Waals surface area contributed by atoms with Crippen molar-refractivity contribution in [2.24, 2.45) is 0 Å². The van der Waals surface area contributed by atoms with Crippen molar-refractivity contribution < 1.29 is 14.0 Å². The molecule has 0 aliphatic rings. The molecule has 30 heavy (non-hydrogen) atoms. The van der Waals surface area contributed by atoms with Crippen molar-refractivity contribution >= 4 is 23.3 Å². The number of hydrogen-bond donors (Lipinski definition) is 1. The minimum atomic E-state index is -0.636. The monoisotopic (exact) mass is 429 g/mol. The van der Waals surface area contributed by atoms with E-state index >= 15 is 0 Å². The van der Waals surface area contributed by atoms with Gasteiger partial charge in [-0.2, -0.15) is 0 Å². The van der Waals surface area contributed by atoms with Crippen LogP contribution in [0.5, 0.6) is 0 Å². The second-order valence-electron chi connectivity index (χ2n) is 6.83. The summed E-state index contributed by atoms with van der Waals surface area (Å²) < 4.78 is 15.7. The quantitative estimate of drug-likeness (QED) is 0.584. The van der Waals surface area contributed by atoms with Crippen molar-refractivity contribution in [3.05, 3.63) is 76.1 Å². The lowest BCUT2D eigenvalue weighted by Crippen LogP contribution is -2.24. The first-order valence-corrected chi connectivity index (χ1v) is 9.67. The maximum Gasteiger partial charge on any atom is 0.290 e. The van der Waals surface area contributed by atoms with E-state index < -0.39 is 17.5 Å². The molecule has 0 fully saturated rings. The summed E-state index contributed by atoms with van der Waals surface area (Å²) in [6, 6.07) is 10.4. The van der Waals surface area contributed by atoms with E-state index in [1.165, 1.54) is 28.9 Å². The summed E-state index contributed by atoms with van der Waals surface area (Å²) in [7, 11) is 3.69. The van der Waals surface area contributed by atoms with E-state index in [2.05, 4.69) is 15.4 Å². The summed E-state index contributed by atoms with van der Waals surface area (Å²) in [6.07, 6.45) is 0. The fraction of sp³-hybridized carbons (Fsp3) is 0.238. The van der Waals surface area contributed by atoms with Crippen molar-refractivity contribution in [1.29, 1.82) is 0 Å². The fourth-order valence-corrected chi connectivity index (χ4v) is 3.10. The molecule has 0 radical (unpaired) electrons. The zero-order valence-corrected chi connectivity index (χ0v) is 17.6. The van der Waals surface area contributed by atoms with Gasteiger partial charge >= 0.3 is 0 Å². The highest BCUT2D eigenvalue weighted by molar-refractivity contribution is 6.31. The Labute approximate surface area is 178 Å². The predicted molar refractivity (Wildman–Crippen MR) is 112 cm³/mol. The molecule has 9 heteroatoms. The Kier molecular flexibility index (Phi) is 6.59. The van der Waals surface area contributed by atoms with Crippen LogP contribution in [0.2, 0.25) is 5.02 Å². The number of nitrogens with one attached hydrogen (secondary N) is 1. The number of halogens is 2. The smallest absolute Gasteiger partial charge is 0.290 e. The molecule has 0 atom stereocenters. The van der Waals surface area contributed by atoms with Crippen LogP contribution in [0.25, 0.3) is 5.69 Å². The molecule has 0 aliphatic heterocycles. The van der Waals surface area contributed by atoms with E-state index in [0.717, 1.165) is 0 Å². The molecule has 0 unspecified atom stereocenters. The van der Waals surface area contributed by atoms with E-state index in [1.54, 1.807) is 25.1 Å². The summed E-state index contributed by atoms with van der Waals surface area (Å²) in [5.41, 5.74) is 0.423. The van der Waals surface area contributed by atoms with Crippen LogP contribution in [0.4, 0.5) is 4.39 Å². The van der Waals surface area contributed by atoms with Gasteiger partial charge in [0.15, 0.2) is 5.78 Å². The molecule has 1 N–H and O–H groups in total. The molecule has 0 saturated heterocycles. The number of rotatable bonds is 7. The van der Waals surface area contributed by atoms with Crippen LogP contribution in [0.15, 0.2) is 42.5 Å². The Balaban J connectivity index is 2.17.